The summed E-state index contributed by atoms with van der Waals surface area (Å²) in [5.74, 6) is -1.07. The van der Waals surface area contributed by atoms with E-state index in [4.69, 9.17) is 4.74 Å². The molecular weight excluding hydrogens is 450 g/mol. The number of nitrogens with zero attached hydrogens (tertiary/aromatic N) is 2. The molecular formula is C23H24F2N4O3S. The van der Waals surface area contributed by atoms with Crippen molar-refractivity contribution in [2.45, 2.75) is 27.3 Å². The molecule has 33 heavy (non-hydrogen) atoms. The minimum atomic E-state index is -0.723. The van der Waals surface area contributed by atoms with Crippen LogP contribution in [0.2, 0.25) is 0 Å². The number of methoxy groups -OCH3 is 1. The second kappa shape index (κ2) is 10.5. The molecule has 0 unspecified atom stereocenters. The van der Waals surface area contributed by atoms with Crippen LogP contribution < -0.4 is 15.6 Å². The van der Waals surface area contributed by atoms with E-state index in [1.807, 2.05) is 6.92 Å². The number of hydrogen-bond acceptors (Lipinski definition) is 7. The number of hydrogen-bond donors (Lipinski definition) is 2. The molecule has 10 heteroatoms. The van der Waals surface area contributed by atoms with Crippen LogP contribution in [0, 0.1) is 25.5 Å². The van der Waals surface area contributed by atoms with Crippen LogP contribution in [0.4, 0.5) is 26.0 Å². The number of ether oxygens (including phenoxy) is 1. The Morgan fingerprint density at radius 2 is 2.00 bits per heavy atom. The molecule has 0 spiro atoms. The quantitative estimate of drug-likeness (QED) is 0.358. The lowest BCUT2D eigenvalue weighted by Gasteiger charge is -2.17. The predicted molar refractivity (Wildman–Crippen MR) is 126 cm³/mol. The molecule has 2 heterocycles. The van der Waals surface area contributed by atoms with Crippen LogP contribution in [-0.2, 0) is 11.3 Å². The summed E-state index contributed by atoms with van der Waals surface area (Å²) < 4.78 is 38.2. The fourth-order valence-electron chi connectivity index (χ4n) is 3.20. The lowest BCUT2D eigenvalue weighted by molar-refractivity contribution is 0.0600. The first-order valence-corrected chi connectivity index (χ1v) is 11.1. The Morgan fingerprint density at radius 1 is 1.24 bits per heavy atom. The zero-order valence-corrected chi connectivity index (χ0v) is 19.5. The minimum Gasteiger partial charge on any atom is -0.465 e. The van der Waals surface area contributed by atoms with Gasteiger partial charge in [0, 0.05) is 29.3 Å². The Morgan fingerprint density at radius 3 is 2.67 bits per heavy atom. The molecule has 3 aromatic rings. The van der Waals surface area contributed by atoms with E-state index in [0.29, 0.717) is 5.75 Å². The third-order valence-electron chi connectivity index (χ3n) is 4.92. The van der Waals surface area contributed by atoms with Gasteiger partial charge in [-0.2, -0.15) is 0 Å². The van der Waals surface area contributed by atoms with Gasteiger partial charge in [-0.25, -0.2) is 18.6 Å². The van der Waals surface area contributed by atoms with Gasteiger partial charge in [0.25, 0.3) is 5.56 Å². The van der Waals surface area contributed by atoms with E-state index in [2.05, 4.69) is 15.0 Å². The SMILES string of the molecule is CCSNc1nccc(Cn2cc(C(=O)OC)c(Nc3ccc(C)cc3F)c(C)c2=O)c1F. The third-order valence-corrected chi connectivity index (χ3v) is 5.55. The van der Waals surface area contributed by atoms with Crippen molar-refractivity contribution in [2.24, 2.45) is 0 Å². The second-order valence-corrected chi connectivity index (χ2v) is 8.31. The number of anilines is 3. The number of halogens is 2. The summed E-state index contributed by atoms with van der Waals surface area (Å²) in [6.45, 7) is 5.03. The average Bonchev–Trinajstić information content (AvgIpc) is 2.80. The molecule has 3 rings (SSSR count). The smallest absolute Gasteiger partial charge is 0.341 e. The Kier molecular flexibility index (Phi) is 7.70. The molecule has 0 aliphatic heterocycles. The maximum atomic E-state index is 14.9. The number of pyridine rings is 2. The molecule has 0 aliphatic rings. The van der Waals surface area contributed by atoms with Crippen LogP contribution in [0.1, 0.15) is 34.0 Å². The number of aryl methyl sites for hydroxylation is 1. The second-order valence-electron chi connectivity index (χ2n) is 7.24. The number of aromatic nitrogens is 2. The normalized spacial score (nSPS) is 10.7. The number of carbonyl (C=O) groups is 1. The molecule has 2 N–H and O–H groups in total. The zero-order valence-electron chi connectivity index (χ0n) is 18.7. The molecule has 0 saturated carbocycles. The summed E-state index contributed by atoms with van der Waals surface area (Å²) in [6.07, 6.45) is 2.72. The van der Waals surface area contributed by atoms with Crippen molar-refractivity contribution in [1.29, 1.82) is 0 Å². The molecule has 0 fully saturated rings. The summed E-state index contributed by atoms with van der Waals surface area (Å²) in [7, 11) is 1.20. The number of esters is 1. The molecule has 0 saturated heterocycles. The van der Waals surface area contributed by atoms with E-state index in [0.717, 1.165) is 5.56 Å². The van der Waals surface area contributed by atoms with Gasteiger partial charge in [0.05, 0.1) is 30.6 Å². The van der Waals surface area contributed by atoms with Gasteiger partial charge >= 0.3 is 5.97 Å². The maximum Gasteiger partial charge on any atom is 0.341 e. The van der Waals surface area contributed by atoms with Crippen molar-refractivity contribution in [3.05, 3.63) is 80.9 Å². The summed E-state index contributed by atoms with van der Waals surface area (Å²) in [4.78, 5) is 29.6. The molecule has 0 atom stereocenters. The molecule has 1 aromatic carbocycles. The first-order chi connectivity index (χ1) is 15.8. The first kappa shape index (κ1) is 24.2. The highest BCUT2D eigenvalue weighted by molar-refractivity contribution is 8.00. The van der Waals surface area contributed by atoms with Crippen molar-refractivity contribution < 1.29 is 18.3 Å². The van der Waals surface area contributed by atoms with E-state index in [9.17, 15) is 18.4 Å². The van der Waals surface area contributed by atoms with Gasteiger partial charge in [0.1, 0.15) is 5.82 Å². The summed E-state index contributed by atoms with van der Waals surface area (Å²) in [5.41, 5.74) is 0.885. The van der Waals surface area contributed by atoms with Gasteiger partial charge in [-0.15, -0.1) is 0 Å². The van der Waals surface area contributed by atoms with E-state index in [-0.39, 0.29) is 40.4 Å². The van der Waals surface area contributed by atoms with Crippen LogP contribution in [0.3, 0.4) is 0 Å². The van der Waals surface area contributed by atoms with Crippen molar-refractivity contribution in [3.8, 4) is 0 Å². The molecule has 2 aromatic heterocycles. The van der Waals surface area contributed by atoms with Crippen molar-refractivity contribution in [3.63, 3.8) is 0 Å². The molecule has 174 valence electrons. The van der Waals surface area contributed by atoms with Crippen LogP contribution in [0.15, 0.2) is 41.5 Å². The van der Waals surface area contributed by atoms with Crippen LogP contribution in [-0.4, -0.2) is 28.4 Å². The summed E-state index contributed by atoms with van der Waals surface area (Å²) >= 11 is 1.29. The van der Waals surface area contributed by atoms with Crippen LogP contribution in [0.25, 0.3) is 0 Å². The van der Waals surface area contributed by atoms with Gasteiger partial charge < -0.3 is 19.3 Å². The van der Waals surface area contributed by atoms with Gasteiger partial charge in [-0.1, -0.05) is 24.9 Å². The minimum absolute atomic E-state index is 0.0175. The third kappa shape index (κ3) is 5.33. The van der Waals surface area contributed by atoms with E-state index in [1.165, 1.54) is 61.1 Å². The number of rotatable bonds is 8. The lowest BCUT2D eigenvalue weighted by atomic mass is 10.1. The Balaban J connectivity index is 2.06. The Bertz CT molecular complexity index is 1250. The maximum absolute atomic E-state index is 14.9. The summed E-state index contributed by atoms with van der Waals surface area (Å²) in [5, 5.41) is 2.84. The van der Waals surface area contributed by atoms with Gasteiger partial charge in [0.2, 0.25) is 0 Å². The van der Waals surface area contributed by atoms with Gasteiger partial charge in [0.15, 0.2) is 11.6 Å². The fourth-order valence-corrected chi connectivity index (χ4v) is 3.63. The van der Waals surface area contributed by atoms with Crippen molar-refractivity contribution in [2.75, 3.05) is 22.9 Å². The number of nitrogens with one attached hydrogen (secondary N) is 2. The fraction of sp³-hybridized carbons (Fsp3) is 0.261. The van der Waals surface area contributed by atoms with E-state index in [1.54, 1.807) is 13.0 Å². The highest BCUT2D eigenvalue weighted by atomic mass is 32.2. The monoisotopic (exact) mass is 474 g/mol. The van der Waals surface area contributed by atoms with Crippen molar-refractivity contribution >= 4 is 35.1 Å². The summed E-state index contributed by atoms with van der Waals surface area (Å²) in [6, 6.07) is 6.02. The first-order valence-electron chi connectivity index (χ1n) is 10.1. The van der Waals surface area contributed by atoms with Crippen LogP contribution in [0.5, 0.6) is 0 Å². The number of benzene rings is 1. The Labute approximate surface area is 194 Å². The van der Waals surface area contributed by atoms with E-state index < -0.39 is 23.2 Å². The molecule has 0 aliphatic carbocycles. The molecule has 0 radical (unpaired) electrons. The molecule has 7 nitrogen and oxygen atoms in total. The zero-order chi connectivity index (χ0) is 24.1. The van der Waals surface area contributed by atoms with Crippen molar-refractivity contribution in [1.82, 2.24) is 9.55 Å². The standard InChI is InChI=1S/C23H24F2N4O3S/c1-5-33-28-21-19(25)15(8-9-26-21)11-29-12-16(23(31)32-4)20(14(3)22(29)30)27-18-7-6-13(2)10-17(18)24/h6-10,12,27H,5,11H2,1-4H3,(H,26,28). The average molecular weight is 475 g/mol. The number of carbonyl (C=O) groups excluding carboxylic acids is 1. The topological polar surface area (TPSA) is 85.2 Å². The van der Waals surface area contributed by atoms with Gasteiger partial charge in [-0.3, -0.25) is 4.79 Å². The lowest BCUT2D eigenvalue weighted by Crippen LogP contribution is -2.26. The predicted octanol–water partition coefficient (Wildman–Crippen LogP) is 4.80. The largest absolute Gasteiger partial charge is 0.465 e. The molecule has 0 bridgehead atoms. The highest BCUT2D eigenvalue weighted by Crippen LogP contribution is 2.27. The molecule has 0 amide bonds. The highest BCUT2D eigenvalue weighted by Gasteiger charge is 2.21. The van der Waals surface area contributed by atoms with Gasteiger partial charge in [-0.05, 0) is 37.6 Å². The van der Waals surface area contributed by atoms with E-state index >= 15 is 0 Å². The Hall–Kier alpha value is -3.40. The van der Waals surface area contributed by atoms with Crippen LogP contribution >= 0.6 is 11.9 Å².